The Morgan fingerprint density at radius 2 is 1.12 bits per heavy atom. The third-order valence-corrected chi connectivity index (χ3v) is 5.81. The Hall–Kier alpha value is -2.58. The Balaban J connectivity index is 1.54. The van der Waals surface area contributed by atoms with Gasteiger partial charge < -0.3 is 28.5 Å². The van der Waals surface area contributed by atoms with Crippen molar-refractivity contribution >= 4 is 0 Å². The van der Waals surface area contributed by atoms with E-state index in [9.17, 15) is 19.8 Å². The molecule has 0 aliphatic carbocycles. The summed E-state index contributed by atoms with van der Waals surface area (Å²) in [6.45, 7) is 10.7. The minimum Gasteiger partial charge on any atom is -0.502 e. The standard InChI is InChI=1S/C26H38O8/c1-25(2,13-19-15-33-17-21(27)23(19)29)7-5-9-31-10-6-11-32-12-8-26(3,4)14-20-16-34-18-22(28)24(20)30/h15-18,27-28H,5-14H2,1-4H3. The highest BCUT2D eigenvalue weighted by atomic mass is 16.5. The zero-order valence-corrected chi connectivity index (χ0v) is 20.7. The Labute approximate surface area is 200 Å². The van der Waals surface area contributed by atoms with E-state index in [4.69, 9.17) is 18.3 Å². The van der Waals surface area contributed by atoms with Crippen LogP contribution in [0.3, 0.4) is 0 Å². The Morgan fingerprint density at radius 1 is 0.676 bits per heavy atom. The summed E-state index contributed by atoms with van der Waals surface area (Å²) in [7, 11) is 0. The van der Waals surface area contributed by atoms with Gasteiger partial charge in [0.2, 0.25) is 10.9 Å². The van der Waals surface area contributed by atoms with Gasteiger partial charge in [0.25, 0.3) is 0 Å². The Morgan fingerprint density at radius 3 is 1.65 bits per heavy atom. The first kappa shape index (κ1) is 27.7. The van der Waals surface area contributed by atoms with E-state index in [0.717, 1.165) is 38.2 Å². The molecular weight excluding hydrogens is 440 g/mol. The normalized spacial score (nSPS) is 12.2. The van der Waals surface area contributed by atoms with Crippen LogP contribution < -0.4 is 10.9 Å². The first-order chi connectivity index (χ1) is 16.0. The second-order valence-electron chi connectivity index (χ2n) is 10.3. The van der Waals surface area contributed by atoms with E-state index >= 15 is 0 Å². The zero-order chi connectivity index (χ0) is 25.2. The Bertz CT molecular complexity index is 921. The van der Waals surface area contributed by atoms with Crippen LogP contribution in [0.15, 0.2) is 43.5 Å². The van der Waals surface area contributed by atoms with Crippen molar-refractivity contribution in [3.8, 4) is 11.5 Å². The van der Waals surface area contributed by atoms with E-state index < -0.39 is 0 Å². The highest BCUT2D eigenvalue weighted by Gasteiger charge is 2.22. The number of rotatable bonds is 15. The van der Waals surface area contributed by atoms with E-state index in [1.54, 1.807) is 0 Å². The molecule has 0 radical (unpaired) electrons. The molecule has 0 amide bonds. The molecule has 0 aromatic carbocycles. The molecule has 0 saturated carbocycles. The van der Waals surface area contributed by atoms with Crippen molar-refractivity contribution in [1.29, 1.82) is 0 Å². The molecule has 0 bridgehead atoms. The van der Waals surface area contributed by atoms with Crippen molar-refractivity contribution in [2.24, 2.45) is 10.8 Å². The fourth-order valence-corrected chi connectivity index (χ4v) is 3.82. The average molecular weight is 479 g/mol. The molecule has 0 aliphatic heterocycles. The van der Waals surface area contributed by atoms with Crippen molar-refractivity contribution < 1.29 is 28.5 Å². The van der Waals surface area contributed by atoms with Crippen LogP contribution in [0.5, 0.6) is 11.5 Å². The van der Waals surface area contributed by atoms with E-state index in [-0.39, 0.29) is 33.2 Å². The SMILES string of the molecule is CC(C)(CCCOCCCOCCC(C)(C)Cc1cocc(O)c1=O)Cc1cocc(O)c1=O. The highest BCUT2D eigenvalue weighted by Crippen LogP contribution is 2.27. The predicted molar refractivity (Wildman–Crippen MR) is 128 cm³/mol. The molecule has 34 heavy (non-hydrogen) atoms. The summed E-state index contributed by atoms with van der Waals surface area (Å²) < 4.78 is 21.4. The molecule has 2 aromatic heterocycles. The quantitative estimate of drug-likeness (QED) is 0.361. The predicted octanol–water partition coefficient (Wildman–Crippen LogP) is 4.44. The van der Waals surface area contributed by atoms with Crippen LogP contribution in [0, 0.1) is 10.8 Å². The second kappa shape index (κ2) is 12.8. The summed E-state index contributed by atoms with van der Waals surface area (Å²) >= 11 is 0. The second-order valence-corrected chi connectivity index (χ2v) is 10.3. The lowest BCUT2D eigenvalue weighted by molar-refractivity contribution is 0.0664. The summed E-state index contributed by atoms with van der Waals surface area (Å²) in [5.74, 6) is -0.719. The third-order valence-electron chi connectivity index (χ3n) is 5.81. The maximum Gasteiger partial charge on any atom is 0.229 e. The summed E-state index contributed by atoms with van der Waals surface area (Å²) in [6, 6.07) is 0. The molecule has 8 nitrogen and oxygen atoms in total. The molecule has 0 aliphatic rings. The van der Waals surface area contributed by atoms with Crippen LogP contribution in [0.2, 0.25) is 0 Å². The van der Waals surface area contributed by atoms with Crippen LogP contribution in [0.25, 0.3) is 0 Å². The Kier molecular flexibility index (Phi) is 10.4. The summed E-state index contributed by atoms with van der Waals surface area (Å²) in [6.07, 6.45) is 9.25. The van der Waals surface area contributed by atoms with E-state index in [2.05, 4.69) is 27.7 Å². The lowest BCUT2D eigenvalue weighted by Crippen LogP contribution is -2.22. The summed E-state index contributed by atoms with van der Waals surface area (Å²) in [4.78, 5) is 23.9. The summed E-state index contributed by atoms with van der Waals surface area (Å²) in [5.41, 5.74) is -0.0785. The van der Waals surface area contributed by atoms with Crippen molar-refractivity contribution in [1.82, 2.24) is 0 Å². The zero-order valence-electron chi connectivity index (χ0n) is 20.7. The van der Waals surface area contributed by atoms with Crippen LogP contribution >= 0.6 is 0 Å². The molecule has 2 N–H and O–H groups in total. The first-order valence-electron chi connectivity index (χ1n) is 11.7. The fraction of sp³-hybridized carbons (Fsp3) is 0.615. The van der Waals surface area contributed by atoms with Gasteiger partial charge >= 0.3 is 0 Å². The molecule has 2 heterocycles. The van der Waals surface area contributed by atoms with Crippen molar-refractivity contribution in [2.75, 3.05) is 26.4 Å². The molecule has 2 aromatic rings. The number of aromatic hydroxyl groups is 2. The number of hydrogen-bond donors (Lipinski definition) is 2. The fourth-order valence-electron chi connectivity index (χ4n) is 3.82. The van der Waals surface area contributed by atoms with Gasteiger partial charge in [-0.05, 0) is 49.4 Å². The van der Waals surface area contributed by atoms with Crippen molar-refractivity contribution in [3.05, 3.63) is 56.6 Å². The lowest BCUT2D eigenvalue weighted by Gasteiger charge is -2.24. The molecule has 8 heteroatoms. The first-order valence-corrected chi connectivity index (χ1v) is 11.7. The van der Waals surface area contributed by atoms with Gasteiger partial charge in [0.05, 0.1) is 12.5 Å². The molecule has 0 saturated heterocycles. The van der Waals surface area contributed by atoms with Gasteiger partial charge in [-0.25, -0.2) is 0 Å². The van der Waals surface area contributed by atoms with Crippen molar-refractivity contribution in [2.45, 2.75) is 66.2 Å². The molecule has 0 unspecified atom stereocenters. The highest BCUT2D eigenvalue weighted by molar-refractivity contribution is 5.22. The minimum absolute atomic E-state index is 0.110. The van der Waals surface area contributed by atoms with E-state index in [0.29, 0.717) is 50.4 Å². The largest absolute Gasteiger partial charge is 0.502 e. The molecule has 2 rings (SSSR count). The van der Waals surface area contributed by atoms with Gasteiger partial charge in [0.15, 0.2) is 11.5 Å². The third kappa shape index (κ3) is 9.35. The van der Waals surface area contributed by atoms with Crippen LogP contribution in [-0.2, 0) is 22.3 Å². The van der Waals surface area contributed by atoms with Crippen molar-refractivity contribution in [3.63, 3.8) is 0 Å². The average Bonchev–Trinajstić information content (AvgIpc) is 2.75. The van der Waals surface area contributed by atoms with Gasteiger partial charge in [-0.1, -0.05) is 27.7 Å². The smallest absolute Gasteiger partial charge is 0.229 e. The molecule has 190 valence electrons. The van der Waals surface area contributed by atoms with Gasteiger partial charge in [0.1, 0.15) is 12.5 Å². The monoisotopic (exact) mass is 478 g/mol. The molecular formula is C26H38O8. The van der Waals surface area contributed by atoms with Gasteiger partial charge in [-0.3, -0.25) is 9.59 Å². The van der Waals surface area contributed by atoms with Crippen LogP contribution in [0.4, 0.5) is 0 Å². The molecule has 0 atom stereocenters. The van der Waals surface area contributed by atoms with E-state index in [1.807, 2.05) is 0 Å². The lowest BCUT2D eigenvalue weighted by atomic mass is 9.82. The number of ether oxygens (including phenoxy) is 2. The number of hydrogen-bond acceptors (Lipinski definition) is 8. The molecule has 0 fully saturated rings. The topological polar surface area (TPSA) is 119 Å². The van der Waals surface area contributed by atoms with Gasteiger partial charge in [-0.15, -0.1) is 0 Å². The maximum atomic E-state index is 12.0. The van der Waals surface area contributed by atoms with Gasteiger partial charge in [0, 0.05) is 37.6 Å². The molecule has 0 spiro atoms. The van der Waals surface area contributed by atoms with E-state index in [1.165, 1.54) is 12.5 Å². The maximum absolute atomic E-state index is 12.0. The van der Waals surface area contributed by atoms with Gasteiger partial charge in [-0.2, -0.15) is 0 Å². The van der Waals surface area contributed by atoms with Crippen LogP contribution in [0.1, 0.15) is 64.5 Å². The van der Waals surface area contributed by atoms with Crippen LogP contribution in [-0.4, -0.2) is 36.6 Å². The summed E-state index contributed by atoms with van der Waals surface area (Å²) in [5, 5.41) is 19.0. The minimum atomic E-state index is -0.384.